The summed E-state index contributed by atoms with van der Waals surface area (Å²) in [4.78, 5) is 29.9. The molecule has 4 aromatic rings. The van der Waals surface area contributed by atoms with Crippen LogP contribution in [0.5, 0.6) is 5.75 Å². The molecule has 0 aliphatic heterocycles. The smallest absolute Gasteiger partial charge is 0.313 e. The van der Waals surface area contributed by atoms with Gasteiger partial charge in [0.05, 0.1) is 18.5 Å². The highest BCUT2D eigenvalue weighted by Crippen LogP contribution is 2.25. The molecule has 0 aliphatic carbocycles. The maximum absolute atomic E-state index is 12.3. The molecule has 0 atom stereocenters. The van der Waals surface area contributed by atoms with Crippen LogP contribution < -0.4 is 15.4 Å². The molecule has 2 heterocycles. The lowest BCUT2D eigenvalue weighted by Crippen LogP contribution is -2.36. The molecule has 2 aromatic heterocycles. The molecule has 32 heavy (non-hydrogen) atoms. The number of benzene rings is 2. The van der Waals surface area contributed by atoms with E-state index >= 15 is 0 Å². The summed E-state index contributed by atoms with van der Waals surface area (Å²) in [5, 5.41) is 11.8. The van der Waals surface area contributed by atoms with E-state index in [0.29, 0.717) is 30.2 Å². The van der Waals surface area contributed by atoms with Gasteiger partial charge in [0, 0.05) is 23.9 Å². The second-order valence-corrected chi connectivity index (χ2v) is 8.17. The summed E-state index contributed by atoms with van der Waals surface area (Å²) >= 11 is 1.49. The van der Waals surface area contributed by atoms with Gasteiger partial charge in [-0.05, 0) is 37.1 Å². The topological polar surface area (TPSA) is 97.6 Å². The maximum Gasteiger partial charge on any atom is 0.313 e. The van der Waals surface area contributed by atoms with Crippen molar-refractivity contribution in [1.82, 2.24) is 19.9 Å². The minimum absolute atomic E-state index is 0.294. The standard InChI is InChI=1S/C23H23N5O3S/c1-14-8-9-19(31-3)18(12-14)25-22(30)21(29)24-11-10-16-13-32-23-26-20(27-28(16)23)17-7-5-4-6-15(17)2/h4-9,12-13H,10-11H2,1-3H3,(H,24,29)(H,25,30). The number of hydrogen-bond acceptors (Lipinski definition) is 6. The highest BCUT2D eigenvalue weighted by Gasteiger charge is 2.17. The van der Waals surface area contributed by atoms with Crippen LogP contribution in [0, 0.1) is 13.8 Å². The average molecular weight is 450 g/mol. The van der Waals surface area contributed by atoms with E-state index in [2.05, 4.69) is 20.7 Å². The number of carbonyl (C=O) groups is 2. The number of ether oxygens (including phenoxy) is 1. The van der Waals surface area contributed by atoms with Crippen molar-refractivity contribution in [2.24, 2.45) is 0 Å². The van der Waals surface area contributed by atoms with E-state index in [1.807, 2.05) is 49.6 Å². The Kier molecular flexibility index (Phi) is 6.18. The molecular formula is C23H23N5O3S. The van der Waals surface area contributed by atoms with Crippen LogP contribution in [-0.4, -0.2) is 40.1 Å². The Morgan fingerprint density at radius 3 is 2.72 bits per heavy atom. The van der Waals surface area contributed by atoms with Crippen molar-refractivity contribution >= 4 is 33.8 Å². The number of nitrogens with one attached hydrogen (secondary N) is 2. The first-order valence-corrected chi connectivity index (χ1v) is 11.0. The third-order valence-electron chi connectivity index (χ3n) is 5.01. The van der Waals surface area contributed by atoms with Crippen LogP contribution in [0.2, 0.25) is 0 Å². The van der Waals surface area contributed by atoms with Gasteiger partial charge in [0.25, 0.3) is 0 Å². The molecule has 9 heteroatoms. The summed E-state index contributed by atoms with van der Waals surface area (Å²) in [7, 11) is 1.51. The fourth-order valence-corrected chi connectivity index (χ4v) is 4.17. The van der Waals surface area contributed by atoms with E-state index in [1.165, 1.54) is 18.4 Å². The molecule has 2 N–H and O–H groups in total. The van der Waals surface area contributed by atoms with Gasteiger partial charge in [-0.25, -0.2) is 4.52 Å². The van der Waals surface area contributed by atoms with E-state index in [4.69, 9.17) is 4.74 Å². The van der Waals surface area contributed by atoms with Gasteiger partial charge in [-0.3, -0.25) is 9.59 Å². The molecule has 4 rings (SSSR count). The van der Waals surface area contributed by atoms with Crippen LogP contribution >= 0.6 is 11.3 Å². The highest BCUT2D eigenvalue weighted by atomic mass is 32.1. The van der Waals surface area contributed by atoms with Gasteiger partial charge in [-0.2, -0.15) is 4.98 Å². The predicted octanol–water partition coefficient (Wildman–Crippen LogP) is 3.38. The molecule has 164 valence electrons. The molecule has 0 saturated heterocycles. The number of anilines is 1. The lowest BCUT2D eigenvalue weighted by Gasteiger charge is -2.11. The van der Waals surface area contributed by atoms with Crippen molar-refractivity contribution in [3.63, 3.8) is 0 Å². The number of nitrogens with zero attached hydrogens (tertiary/aromatic N) is 3. The second kappa shape index (κ2) is 9.19. The number of rotatable bonds is 6. The molecule has 2 aromatic carbocycles. The fraction of sp³-hybridized carbons (Fsp3) is 0.217. The van der Waals surface area contributed by atoms with Crippen molar-refractivity contribution in [2.75, 3.05) is 19.0 Å². The molecule has 0 fully saturated rings. The molecule has 2 amide bonds. The number of amides is 2. The fourth-order valence-electron chi connectivity index (χ4n) is 3.32. The molecular weight excluding hydrogens is 426 g/mol. The minimum atomic E-state index is -0.744. The van der Waals surface area contributed by atoms with Crippen molar-refractivity contribution in [3.05, 3.63) is 64.7 Å². The third kappa shape index (κ3) is 4.47. The first kappa shape index (κ1) is 21.5. The molecule has 0 spiro atoms. The SMILES string of the molecule is COc1ccc(C)cc1NC(=O)C(=O)NCCc1csc2nc(-c3ccccc3C)nn12. The molecule has 8 nitrogen and oxygen atoms in total. The Bertz CT molecular complexity index is 1290. The Labute approximate surface area is 189 Å². The number of aryl methyl sites for hydroxylation is 2. The molecule has 0 saturated carbocycles. The van der Waals surface area contributed by atoms with Crippen LogP contribution in [-0.2, 0) is 16.0 Å². The first-order chi connectivity index (χ1) is 15.5. The molecule has 0 bridgehead atoms. The summed E-state index contributed by atoms with van der Waals surface area (Å²) in [5.41, 5.74) is 4.42. The van der Waals surface area contributed by atoms with Crippen LogP contribution in [0.4, 0.5) is 5.69 Å². The Morgan fingerprint density at radius 2 is 1.94 bits per heavy atom. The van der Waals surface area contributed by atoms with Crippen LogP contribution in [0.3, 0.4) is 0 Å². The summed E-state index contributed by atoms with van der Waals surface area (Å²) in [6.45, 7) is 4.21. The van der Waals surface area contributed by atoms with Gasteiger partial charge >= 0.3 is 11.8 Å². The summed E-state index contributed by atoms with van der Waals surface area (Å²) in [5.74, 6) is -0.286. The summed E-state index contributed by atoms with van der Waals surface area (Å²) < 4.78 is 7.02. The zero-order chi connectivity index (χ0) is 22.7. The van der Waals surface area contributed by atoms with E-state index < -0.39 is 11.8 Å². The highest BCUT2D eigenvalue weighted by molar-refractivity contribution is 7.15. The average Bonchev–Trinajstić information content (AvgIpc) is 3.35. The lowest BCUT2D eigenvalue weighted by atomic mass is 10.1. The third-order valence-corrected chi connectivity index (χ3v) is 5.88. The van der Waals surface area contributed by atoms with Gasteiger partial charge in [-0.1, -0.05) is 30.3 Å². The van der Waals surface area contributed by atoms with Gasteiger partial charge in [0.2, 0.25) is 4.96 Å². The number of aromatic nitrogens is 3. The number of fused-ring (bicyclic) bond motifs is 1. The second-order valence-electron chi connectivity index (χ2n) is 7.34. The van der Waals surface area contributed by atoms with Gasteiger partial charge < -0.3 is 15.4 Å². The normalized spacial score (nSPS) is 10.8. The monoisotopic (exact) mass is 449 g/mol. The van der Waals surface area contributed by atoms with Gasteiger partial charge in [-0.15, -0.1) is 16.4 Å². The van der Waals surface area contributed by atoms with Crippen LogP contribution in [0.1, 0.15) is 16.8 Å². The molecule has 0 unspecified atom stereocenters. The van der Waals surface area contributed by atoms with Crippen LogP contribution in [0.15, 0.2) is 47.8 Å². The van der Waals surface area contributed by atoms with Crippen molar-refractivity contribution in [1.29, 1.82) is 0 Å². The predicted molar refractivity (Wildman–Crippen MR) is 124 cm³/mol. The molecule has 0 aliphatic rings. The largest absolute Gasteiger partial charge is 0.495 e. The van der Waals surface area contributed by atoms with E-state index in [0.717, 1.165) is 27.3 Å². The lowest BCUT2D eigenvalue weighted by molar-refractivity contribution is -0.136. The van der Waals surface area contributed by atoms with E-state index in [1.54, 1.807) is 16.6 Å². The quantitative estimate of drug-likeness (QED) is 0.440. The maximum atomic E-state index is 12.3. The number of thiazole rings is 1. The van der Waals surface area contributed by atoms with Crippen molar-refractivity contribution < 1.29 is 14.3 Å². The summed E-state index contributed by atoms with van der Waals surface area (Å²) in [6.07, 6.45) is 0.517. The number of methoxy groups -OCH3 is 1. The first-order valence-electron chi connectivity index (χ1n) is 10.1. The van der Waals surface area contributed by atoms with E-state index in [9.17, 15) is 9.59 Å². The zero-order valence-electron chi connectivity index (χ0n) is 18.0. The van der Waals surface area contributed by atoms with Gasteiger partial charge in [0.15, 0.2) is 5.82 Å². The Balaban J connectivity index is 1.38. The Hall–Kier alpha value is -3.72. The van der Waals surface area contributed by atoms with Crippen molar-refractivity contribution in [3.8, 4) is 17.1 Å². The Morgan fingerprint density at radius 1 is 1.12 bits per heavy atom. The van der Waals surface area contributed by atoms with Gasteiger partial charge in [0.1, 0.15) is 5.75 Å². The number of carbonyl (C=O) groups excluding carboxylic acids is 2. The zero-order valence-corrected chi connectivity index (χ0v) is 18.8. The molecule has 0 radical (unpaired) electrons. The van der Waals surface area contributed by atoms with E-state index in [-0.39, 0.29) is 0 Å². The number of hydrogen-bond donors (Lipinski definition) is 2. The minimum Gasteiger partial charge on any atom is -0.495 e. The van der Waals surface area contributed by atoms with Crippen molar-refractivity contribution in [2.45, 2.75) is 20.3 Å². The van der Waals surface area contributed by atoms with Crippen LogP contribution in [0.25, 0.3) is 16.3 Å². The summed E-state index contributed by atoms with van der Waals surface area (Å²) in [6, 6.07) is 13.3.